The van der Waals surface area contributed by atoms with Gasteiger partial charge in [-0.05, 0) is 42.8 Å². The standard InChI is InChI=1S/C14H12ClNO2/c1-9-7-11(18-2)4-5-12(9)14(17)10-3-6-13(15)16-8-10/h3-8H,1-2H3. The van der Waals surface area contributed by atoms with Gasteiger partial charge in [-0.15, -0.1) is 0 Å². The van der Waals surface area contributed by atoms with E-state index in [1.165, 1.54) is 6.20 Å². The summed E-state index contributed by atoms with van der Waals surface area (Å²) in [6, 6.07) is 8.63. The molecule has 0 atom stereocenters. The minimum atomic E-state index is -0.0701. The van der Waals surface area contributed by atoms with Crippen LogP contribution in [0.25, 0.3) is 0 Å². The van der Waals surface area contributed by atoms with Crippen LogP contribution in [0.3, 0.4) is 0 Å². The first kappa shape index (κ1) is 12.6. The smallest absolute Gasteiger partial charge is 0.194 e. The van der Waals surface area contributed by atoms with Crippen LogP contribution in [0, 0.1) is 6.92 Å². The Kier molecular flexibility index (Phi) is 3.63. The molecule has 0 unspecified atom stereocenters. The Bertz CT molecular complexity index is 579. The zero-order chi connectivity index (χ0) is 13.1. The lowest BCUT2D eigenvalue weighted by Crippen LogP contribution is -2.04. The molecule has 0 fully saturated rings. The second-order valence-corrected chi connectivity index (χ2v) is 4.27. The highest BCUT2D eigenvalue weighted by atomic mass is 35.5. The number of ether oxygens (including phenoxy) is 1. The Hall–Kier alpha value is -1.87. The summed E-state index contributed by atoms with van der Waals surface area (Å²) < 4.78 is 5.11. The molecule has 0 amide bonds. The lowest BCUT2D eigenvalue weighted by molar-refractivity contribution is 0.103. The van der Waals surface area contributed by atoms with Gasteiger partial charge in [0.2, 0.25) is 0 Å². The van der Waals surface area contributed by atoms with Gasteiger partial charge in [0.1, 0.15) is 10.9 Å². The first-order valence-corrected chi connectivity index (χ1v) is 5.80. The molecule has 0 N–H and O–H groups in total. The maximum Gasteiger partial charge on any atom is 0.194 e. The molecule has 1 heterocycles. The first-order chi connectivity index (χ1) is 8.61. The van der Waals surface area contributed by atoms with Crippen molar-refractivity contribution in [1.82, 2.24) is 4.98 Å². The summed E-state index contributed by atoms with van der Waals surface area (Å²) in [6.07, 6.45) is 1.48. The molecule has 18 heavy (non-hydrogen) atoms. The van der Waals surface area contributed by atoms with Crippen molar-refractivity contribution in [2.45, 2.75) is 6.92 Å². The third kappa shape index (κ3) is 2.51. The lowest BCUT2D eigenvalue weighted by Gasteiger charge is -2.07. The number of aromatic nitrogens is 1. The molecule has 0 saturated heterocycles. The molecular weight excluding hydrogens is 250 g/mol. The minimum absolute atomic E-state index is 0.0701. The van der Waals surface area contributed by atoms with E-state index >= 15 is 0 Å². The average Bonchev–Trinajstić information content (AvgIpc) is 2.38. The minimum Gasteiger partial charge on any atom is -0.497 e. The van der Waals surface area contributed by atoms with Crippen LogP contribution in [-0.4, -0.2) is 17.9 Å². The number of carbonyl (C=O) groups excluding carboxylic acids is 1. The number of hydrogen-bond acceptors (Lipinski definition) is 3. The number of nitrogens with zero attached hydrogens (tertiary/aromatic N) is 1. The van der Waals surface area contributed by atoms with Crippen molar-refractivity contribution in [2.75, 3.05) is 7.11 Å². The van der Waals surface area contributed by atoms with E-state index < -0.39 is 0 Å². The van der Waals surface area contributed by atoms with Crippen LogP contribution in [0.1, 0.15) is 21.5 Å². The van der Waals surface area contributed by atoms with Gasteiger partial charge in [0.05, 0.1) is 7.11 Å². The molecule has 2 rings (SSSR count). The van der Waals surface area contributed by atoms with Crippen molar-refractivity contribution in [3.8, 4) is 5.75 Å². The van der Waals surface area contributed by atoms with Gasteiger partial charge in [-0.3, -0.25) is 4.79 Å². The van der Waals surface area contributed by atoms with E-state index in [1.807, 2.05) is 13.0 Å². The summed E-state index contributed by atoms with van der Waals surface area (Å²) in [7, 11) is 1.60. The van der Waals surface area contributed by atoms with Crippen LogP contribution in [0.2, 0.25) is 5.15 Å². The number of halogens is 1. The molecule has 3 nitrogen and oxygen atoms in total. The van der Waals surface area contributed by atoms with Crippen molar-refractivity contribution in [3.05, 3.63) is 58.4 Å². The SMILES string of the molecule is COc1ccc(C(=O)c2ccc(Cl)nc2)c(C)c1. The Labute approximate surface area is 110 Å². The van der Waals surface area contributed by atoms with E-state index in [0.717, 1.165) is 11.3 Å². The van der Waals surface area contributed by atoms with Crippen molar-refractivity contribution in [3.63, 3.8) is 0 Å². The largest absolute Gasteiger partial charge is 0.497 e. The van der Waals surface area contributed by atoms with Gasteiger partial charge in [-0.2, -0.15) is 0 Å². The van der Waals surface area contributed by atoms with Crippen LogP contribution in [0.4, 0.5) is 0 Å². The number of aryl methyl sites for hydroxylation is 1. The summed E-state index contributed by atoms with van der Waals surface area (Å²) in [5.74, 6) is 0.664. The number of hydrogen-bond donors (Lipinski definition) is 0. The summed E-state index contributed by atoms with van der Waals surface area (Å²) in [6.45, 7) is 1.87. The number of benzene rings is 1. The third-order valence-corrected chi connectivity index (χ3v) is 2.89. The molecule has 0 radical (unpaired) electrons. The van der Waals surface area contributed by atoms with Crippen LogP contribution in [0.5, 0.6) is 5.75 Å². The number of rotatable bonds is 3. The van der Waals surface area contributed by atoms with Gasteiger partial charge in [0, 0.05) is 17.3 Å². The zero-order valence-corrected chi connectivity index (χ0v) is 10.9. The molecule has 0 bridgehead atoms. The van der Waals surface area contributed by atoms with Crippen molar-refractivity contribution < 1.29 is 9.53 Å². The predicted octanol–water partition coefficient (Wildman–Crippen LogP) is 3.28. The summed E-state index contributed by atoms with van der Waals surface area (Å²) >= 11 is 5.69. The monoisotopic (exact) mass is 261 g/mol. The van der Waals surface area contributed by atoms with Crippen LogP contribution in [-0.2, 0) is 0 Å². The lowest BCUT2D eigenvalue weighted by atomic mass is 10.00. The highest BCUT2D eigenvalue weighted by Crippen LogP contribution is 2.20. The fourth-order valence-electron chi connectivity index (χ4n) is 1.68. The summed E-state index contributed by atoms with van der Waals surface area (Å²) in [5.41, 5.74) is 2.03. The molecule has 1 aromatic heterocycles. The third-order valence-electron chi connectivity index (χ3n) is 2.67. The van der Waals surface area contributed by atoms with E-state index in [9.17, 15) is 4.79 Å². The highest BCUT2D eigenvalue weighted by Gasteiger charge is 2.12. The van der Waals surface area contributed by atoms with Crippen LogP contribution in [0.15, 0.2) is 36.5 Å². The van der Waals surface area contributed by atoms with E-state index in [2.05, 4.69) is 4.98 Å². The quantitative estimate of drug-likeness (QED) is 0.629. The number of ketones is 1. The molecule has 0 saturated carbocycles. The fraction of sp³-hybridized carbons (Fsp3) is 0.143. The predicted molar refractivity (Wildman–Crippen MR) is 70.4 cm³/mol. The molecule has 0 aliphatic heterocycles. The molecule has 92 valence electrons. The van der Waals surface area contributed by atoms with E-state index in [0.29, 0.717) is 16.3 Å². The zero-order valence-electron chi connectivity index (χ0n) is 10.1. The van der Waals surface area contributed by atoms with Crippen LogP contribution < -0.4 is 4.74 Å². The van der Waals surface area contributed by atoms with Crippen LogP contribution >= 0.6 is 11.6 Å². The Morgan fingerprint density at radius 1 is 1.28 bits per heavy atom. The molecule has 0 aliphatic rings. The molecular formula is C14H12ClNO2. The normalized spacial score (nSPS) is 10.2. The summed E-state index contributed by atoms with van der Waals surface area (Å²) in [5, 5.41) is 0.373. The molecule has 2 aromatic rings. The molecule has 1 aromatic carbocycles. The Morgan fingerprint density at radius 3 is 2.61 bits per heavy atom. The Balaban J connectivity index is 2.37. The highest BCUT2D eigenvalue weighted by molar-refractivity contribution is 6.29. The van der Waals surface area contributed by atoms with Crippen molar-refractivity contribution in [2.24, 2.45) is 0 Å². The number of carbonyl (C=O) groups is 1. The topological polar surface area (TPSA) is 39.2 Å². The van der Waals surface area contributed by atoms with Gasteiger partial charge in [-0.1, -0.05) is 11.6 Å². The van der Waals surface area contributed by atoms with Crippen molar-refractivity contribution in [1.29, 1.82) is 0 Å². The van der Waals surface area contributed by atoms with Crippen molar-refractivity contribution >= 4 is 17.4 Å². The van der Waals surface area contributed by atoms with E-state index in [4.69, 9.17) is 16.3 Å². The maximum absolute atomic E-state index is 12.3. The second kappa shape index (κ2) is 5.19. The van der Waals surface area contributed by atoms with Gasteiger partial charge in [0.25, 0.3) is 0 Å². The molecule has 0 spiro atoms. The van der Waals surface area contributed by atoms with Gasteiger partial charge < -0.3 is 4.74 Å². The van der Waals surface area contributed by atoms with Gasteiger partial charge in [-0.25, -0.2) is 4.98 Å². The summed E-state index contributed by atoms with van der Waals surface area (Å²) in [4.78, 5) is 16.2. The average molecular weight is 262 g/mol. The molecule has 0 aliphatic carbocycles. The van der Waals surface area contributed by atoms with Gasteiger partial charge in [0.15, 0.2) is 5.78 Å². The first-order valence-electron chi connectivity index (χ1n) is 5.42. The second-order valence-electron chi connectivity index (χ2n) is 3.88. The maximum atomic E-state index is 12.3. The van der Waals surface area contributed by atoms with E-state index in [-0.39, 0.29) is 5.78 Å². The molecule has 4 heteroatoms. The Morgan fingerprint density at radius 2 is 2.06 bits per heavy atom. The number of pyridine rings is 1. The fourth-order valence-corrected chi connectivity index (χ4v) is 1.80. The van der Waals surface area contributed by atoms with E-state index in [1.54, 1.807) is 31.4 Å². The number of methoxy groups -OCH3 is 1. The van der Waals surface area contributed by atoms with Gasteiger partial charge >= 0.3 is 0 Å².